The van der Waals surface area contributed by atoms with Gasteiger partial charge in [0.15, 0.2) is 5.54 Å². The summed E-state index contributed by atoms with van der Waals surface area (Å²) in [6.07, 6.45) is 2.01. The van der Waals surface area contributed by atoms with Crippen LogP contribution in [0.15, 0.2) is 29.4 Å². The van der Waals surface area contributed by atoms with Crippen LogP contribution in [0.25, 0.3) is 0 Å². The maximum Gasteiger partial charge on any atom is 0.416 e. The number of fused-ring (bicyclic) bond motifs is 1. The second-order valence-corrected chi connectivity index (χ2v) is 3.73. The molecule has 2 heterocycles. The normalized spacial score (nSPS) is 29.3. The maximum absolute atomic E-state index is 12.8. The molecule has 0 saturated heterocycles. The zero-order valence-corrected chi connectivity index (χ0v) is 8.39. The predicted octanol–water partition coefficient (Wildman–Crippen LogP) is 2.32. The van der Waals surface area contributed by atoms with Gasteiger partial charge < -0.3 is 4.90 Å². The topological polar surface area (TPSA) is 15.6 Å². The summed E-state index contributed by atoms with van der Waals surface area (Å²) in [6, 6.07) is 0. The number of amidine groups is 1. The van der Waals surface area contributed by atoms with E-state index in [1.165, 1.54) is 4.90 Å². The number of hydrogen-bond acceptors (Lipinski definition) is 2. The minimum Gasteiger partial charge on any atom is -0.330 e. The Morgan fingerprint density at radius 2 is 2.20 bits per heavy atom. The monoisotopic (exact) mass is 236 g/mol. The fourth-order valence-corrected chi connectivity index (χ4v) is 1.84. The Bertz CT molecular complexity index is 359. The molecule has 15 heavy (non-hydrogen) atoms. The number of aliphatic imine (C=N–C) groups is 1. The van der Waals surface area contributed by atoms with Gasteiger partial charge in [-0.05, 0) is 12.2 Å². The summed E-state index contributed by atoms with van der Waals surface area (Å²) >= 11 is 5.41. The lowest BCUT2D eigenvalue weighted by Crippen LogP contribution is -2.48. The van der Waals surface area contributed by atoms with E-state index in [9.17, 15) is 13.2 Å². The molecule has 2 aliphatic rings. The fourth-order valence-electron chi connectivity index (χ4n) is 1.54. The van der Waals surface area contributed by atoms with E-state index in [1.807, 2.05) is 0 Å². The molecule has 2 rings (SSSR count). The number of rotatable bonds is 1. The summed E-state index contributed by atoms with van der Waals surface area (Å²) in [5, 5.41) is 0. The van der Waals surface area contributed by atoms with Crippen LogP contribution in [-0.4, -0.2) is 34.9 Å². The van der Waals surface area contributed by atoms with Gasteiger partial charge >= 0.3 is 6.18 Å². The van der Waals surface area contributed by atoms with Crippen LogP contribution in [0.1, 0.15) is 0 Å². The number of nitrogens with zero attached hydrogens (tertiary/aromatic N) is 2. The van der Waals surface area contributed by atoms with Crippen molar-refractivity contribution in [3.63, 3.8) is 0 Å². The molecule has 1 atom stereocenters. The highest BCUT2D eigenvalue weighted by molar-refractivity contribution is 6.19. The lowest BCUT2D eigenvalue weighted by molar-refractivity contribution is -0.176. The summed E-state index contributed by atoms with van der Waals surface area (Å²) in [5.74, 6) is -0.242. The third kappa shape index (κ3) is 1.55. The van der Waals surface area contributed by atoms with Crippen LogP contribution in [0.4, 0.5) is 13.2 Å². The molecule has 0 aromatic heterocycles. The van der Waals surface area contributed by atoms with E-state index in [1.54, 1.807) is 24.4 Å². The van der Waals surface area contributed by atoms with Gasteiger partial charge in [0.05, 0.1) is 12.4 Å². The van der Waals surface area contributed by atoms with Gasteiger partial charge in [-0.1, -0.05) is 6.08 Å². The van der Waals surface area contributed by atoms with Crippen LogP contribution >= 0.6 is 11.6 Å². The minimum atomic E-state index is -4.42. The minimum absolute atomic E-state index is 0.240. The van der Waals surface area contributed by atoms with Crippen molar-refractivity contribution >= 4 is 17.4 Å². The van der Waals surface area contributed by atoms with Gasteiger partial charge in [-0.25, -0.2) is 4.99 Å². The molecule has 0 aromatic rings. The Kier molecular flexibility index (Phi) is 2.30. The largest absolute Gasteiger partial charge is 0.416 e. The Morgan fingerprint density at radius 3 is 2.73 bits per heavy atom. The molecule has 0 N–H and O–H groups in total. The molecule has 0 amide bonds. The standard InChI is InChI=1S/C9H8ClF3N2/c10-5-8(9(11,12)13)6-15-4-2-1-3-7(15)14-8/h1-4H,5-6H2. The number of halogens is 4. The van der Waals surface area contributed by atoms with E-state index in [4.69, 9.17) is 11.6 Å². The van der Waals surface area contributed by atoms with Crippen LogP contribution < -0.4 is 0 Å². The quantitative estimate of drug-likeness (QED) is 0.638. The average Bonchev–Trinajstić information content (AvgIpc) is 2.56. The van der Waals surface area contributed by atoms with Crippen LogP contribution in [0.3, 0.4) is 0 Å². The zero-order chi connectivity index (χ0) is 11.1. The number of alkyl halides is 4. The van der Waals surface area contributed by atoms with Gasteiger partial charge in [0, 0.05) is 6.20 Å². The summed E-state index contributed by atoms with van der Waals surface area (Å²) in [4.78, 5) is 5.13. The van der Waals surface area contributed by atoms with E-state index in [2.05, 4.69) is 4.99 Å². The molecule has 0 radical (unpaired) electrons. The second-order valence-electron chi connectivity index (χ2n) is 3.46. The first-order valence-electron chi connectivity index (χ1n) is 4.33. The number of allylic oxidation sites excluding steroid dienone is 2. The van der Waals surface area contributed by atoms with Gasteiger partial charge in [0.2, 0.25) is 0 Å². The highest BCUT2D eigenvalue weighted by Gasteiger charge is 2.58. The smallest absolute Gasteiger partial charge is 0.330 e. The van der Waals surface area contributed by atoms with Gasteiger partial charge in [-0.3, -0.25) is 0 Å². The van der Waals surface area contributed by atoms with Gasteiger partial charge in [0.25, 0.3) is 0 Å². The SMILES string of the molecule is FC(F)(F)C1(CCl)CN2C=CC=CC2=N1. The van der Waals surface area contributed by atoms with Crippen molar-refractivity contribution in [2.75, 3.05) is 12.4 Å². The first-order valence-corrected chi connectivity index (χ1v) is 4.86. The van der Waals surface area contributed by atoms with E-state index >= 15 is 0 Å². The lowest BCUT2D eigenvalue weighted by atomic mass is 10.0. The third-order valence-corrected chi connectivity index (χ3v) is 2.87. The molecule has 0 bridgehead atoms. The summed E-state index contributed by atoms with van der Waals surface area (Å²) in [5.41, 5.74) is -2.16. The first kappa shape index (κ1) is 10.5. The van der Waals surface area contributed by atoms with Crippen molar-refractivity contribution in [1.29, 1.82) is 0 Å². The highest BCUT2D eigenvalue weighted by Crippen LogP contribution is 2.39. The van der Waals surface area contributed by atoms with Crippen LogP contribution in [-0.2, 0) is 0 Å². The lowest BCUT2D eigenvalue weighted by Gasteiger charge is -2.27. The van der Waals surface area contributed by atoms with E-state index in [0.29, 0.717) is 5.84 Å². The Morgan fingerprint density at radius 1 is 1.47 bits per heavy atom. The van der Waals surface area contributed by atoms with Crippen LogP contribution in [0.2, 0.25) is 0 Å². The number of hydrogen-bond donors (Lipinski definition) is 0. The van der Waals surface area contributed by atoms with Gasteiger partial charge in [-0.15, -0.1) is 11.6 Å². The molecule has 82 valence electrons. The van der Waals surface area contributed by atoms with E-state index < -0.39 is 17.6 Å². The van der Waals surface area contributed by atoms with Crippen molar-refractivity contribution in [2.24, 2.45) is 4.99 Å². The molecule has 0 saturated carbocycles. The molecule has 6 heteroatoms. The van der Waals surface area contributed by atoms with Crippen molar-refractivity contribution < 1.29 is 13.2 Å². The predicted molar refractivity (Wildman–Crippen MR) is 51.9 cm³/mol. The molecule has 0 aliphatic carbocycles. The highest BCUT2D eigenvalue weighted by atomic mass is 35.5. The first-order chi connectivity index (χ1) is 6.98. The molecule has 0 aromatic carbocycles. The van der Waals surface area contributed by atoms with Crippen LogP contribution in [0, 0.1) is 0 Å². The van der Waals surface area contributed by atoms with Crippen molar-refractivity contribution in [3.8, 4) is 0 Å². The molecular weight excluding hydrogens is 229 g/mol. The van der Waals surface area contributed by atoms with Crippen molar-refractivity contribution in [3.05, 3.63) is 24.4 Å². The molecule has 0 fully saturated rings. The molecule has 2 nitrogen and oxygen atoms in total. The molecule has 1 unspecified atom stereocenters. The van der Waals surface area contributed by atoms with Crippen molar-refractivity contribution in [1.82, 2.24) is 4.90 Å². The third-order valence-electron chi connectivity index (χ3n) is 2.43. The summed E-state index contributed by atoms with van der Waals surface area (Å²) in [6.45, 7) is -0.240. The Balaban J connectivity index is 2.37. The van der Waals surface area contributed by atoms with Gasteiger partial charge in [0.1, 0.15) is 5.84 Å². The van der Waals surface area contributed by atoms with E-state index in [0.717, 1.165) is 0 Å². The Hall–Kier alpha value is -0.970. The fraction of sp³-hybridized carbons (Fsp3) is 0.444. The second kappa shape index (κ2) is 3.27. The summed E-state index contributed by atoms with van der Waals surface area (Å²) in [7, 11) is 0. The Labute approximate surface area is 89.7 Å². The molecule has 0 spiro atoms. The zero-order valence-electron chi connectivity index (χ0n) is 7.63. The molecular formula is C9H8ClF3N2. The molecule has 2 aliphatic heterocycles. The maximum atomic E-state index is 12.8. The van der Waals surface area contributed by atoms with E-state index in [-0.39, 0.29) is 6.54 Å². The van der Waals surface area contributed by atoms with Crippen LogP contribution in [0.5, 0.6) is 0 Å². The summed E-state index contributed by atoms with van der Waals surface area (Å²) < 4.78 is 38.4. The van der Waals surface area contributed by atoms with Crippen molar-refractivity contribution in [2.45, 2.75) is 11.7 Å². The van der Waals surface area contributed by atoms with Gasteiger partial charge in [-0.2, -0.15) is 13.2 Å². The average molecular weight is 237 g/mol.